The molecule has 116 valence electrons. The van der Waals surface area contributed by atoms with Gasteiger partial charge >= 0.3 is 0 Å². The average molecular weight is 285 g/mol. The predicted octanol–water partition coefficient (Wildman–Crippen LogP) is 4.77. The van der Waals surface area contributed by atoms with Crippen LogP contribution in [0.2, 0.25) is 0 Å². The second-order valence-electron chi connectivity index (χ2n) is 7.82. The van der Waals surface area contributed by atoms with Crippen molar-refractivity contribution < 1.29 is 0 Å². The number of benzene rings is 1. The fourth-order valence-electron chi connectivity index (χ4n) is 5.35. The van der Waals surface area contributed by atoms with Gasteiger partial charge in [-0.1, -0.05) is 50.6 Å². The van der Waals surface area contributed by atoms with E-state index in [1.807, 2.05) is 0 Å². The molecule has 2 saturated carbocycles. The van der Waals surface area contributed by atoms with E-state index in [0.29, 0.717) is 11.5 Å². The van der Waals surface area contributed by atoms with Crippen LogP contribution in [0.25, 0.3) is 0 Å². The summed E-state index contributed by atoms with van der Waals surface area (Å²) < 4.78 is 0. The minimum atomic E-state index is 0.400. The molecule has 1 aromatic rings. The van der Waals surface area contributed by atoms with E-state index in [1.54, 1.807) is 5.56 Å². The van der Waals surface area contributed by atoms with Crippen LogP contribution in [-0.4, -0.2) is 13.1 Å². The van der Waals surface area contributed by atoms with Crippen molar-refractivity contribution in [2.45, 2.75) is 63.8 Å². The van der Waals surface area contributed by atoms with Crippen molar-refractivity contribution in [2.75, 3.05) is 7.05 Å². The molecule has 1 heteroatoms. The predicted molar refractivity (Wildman–Crippen MR) is 90.5 cm³/mol. The third-order valence-electron chi connectivity index (χ3n) is 6.19. The Morgan fingerprint density at radius 2 is 1.62 bits per heavy atom. The molecule has 0 spiro atoms. The van der Waals surface area contributed by atoms with E-state index in [4.69, 9.17) is 0 Å². The lowest BCUT2D eigenvalue weighted by Gasteiger charge is -2.53. The molecule has 0 radical (unpaired) electrons. The van der Waals surface area contributed by atoms with E-state index in [-0.39, 0.29) is 0 Å². The van der Waals surface area contributed by atoms with Crippen LogP contribution in [0.3, 0.4) is 0 Å². The fourth-order valence-corrected chi connectivity index (χ4v) is 5.35. The highest BCUT2D eigenvalue weighted by Crippen LogP contribution is 2.51. The Balaban J connectivity index is 1.87. The first-order valence-electron chi connectivity index (χ1n) is 8.88. The number of hydrogen-bond donors (Lipinski definition) is 1. The zero-order valence-corrected chi connectivity index (χ0v) is 13.9. The van der Waals surface area contributed by atoms with Crippen molar-refractivity contribution in [1.29, 1.82) is 0 Å². The van der Waals surface area contributed by atoms with Gasteiger partial charge in [-0.05, 0) is 62.5 Å². The first-order valence-corrected chi connectivity index (χ1v) is 8.88. The molecule has 21 heavy (non-hydrogen) atoms. The summed E-state index contributed by atoms with van der Waals surface area (Å²) >= 11 is 0. The van der Waals surface area contributed by atoms with Crippen molar-refractivity contribution in [3.63, 3.8) is 0 Å². The molecular formula is C20H31N. The van der Waals surface area contributed by atoms with Crippen LogP contribution in [0, 0.1) is 17.8 Å². The van der Waals surface area contributed by atoms with E-state index in [9.17, 15) is 0 Å². The van der Waals surface area contributed by atoms with Gasteiger partial charge < -0.3 is 5.32 Å². The van der Waals surface area contributed by atoms with Crippen LogP contribution >= 0.6 is 0 Å². The Morgan fingerprint density at radius 3 is 2.10 bits per heavy atom. The minimum absolute atomic E-state index is 0.400. The van der Waals surface area contributed by atoms with Crippen LogP contribution < -0.4 is 5.32 Å². The van der Waals surface area contributed by atoms with Crippen molar-refractivity contribution in [1.82, 2.24) is 5.32 Å². The monoisotopic (exact) mass is 285 g/mol. The van der Waals surface area contributed by atoms with Crippen LogP contribution in [0.1, 0.15) is 57.9 Å². The molecule has 1 N–H and O–H groups in total. The number of hydrogen-bond acceptors (Lipinski definition) is 1. The Labute approximate surface area is 130 Å². The van der Waals surface area contributed by atoms with Crippen LogP contribution in [0.15, 0.2) is 30.3 Å². The minimum Gasteiger partial charge on any atom is -0.316 e. The summed E-state index contributed by atoms with van der Waals surface area (Å²) in [5.41, 5.74) is 1.97. The maximum absolute atomic E-state index is 3.75. The van der Waals surface area contributed by atoms with E-state index in [2.05, 4.69) is 56.5 Å². The van der Waals surface area contributed by atoms with Crippen molar-refractivity contribution in [3.8, 4) is 0 Å². The molecule has 0 saturated heterocycles. The van der Waals surface area contributed by atoms with Crippen molar-refractivity contribution in [2.24, 2.45) is 17.8 Å². The molecule has 2 aliphatic rings. The molecule has 3 rings (SSSR count). The molecule has 1 aromatic carbocycles. The number of rotatable bonds is 4. The second kappa shape index (κ2) is 6.12. The highest BCUT2D eigenvalue weighted by molar-refractivity contribution is 5.31. The molecule has 0 amide bonds. The molecular weight excluding hydrogens is 254 g/mol. The zero-order chi connectivity index (χ0) is 14.9. The summed E-state index contributed by atoms with van der Waals surface area (Å²) in [6.45, 7) is 4.90. The standard InChI is InChI=1S/C20H31N/c1-15-12-16(2)14-17(13-15)19(21-3)20(10-7-11-20)18-8-5-4-6-9-18/h4-6,8-9,15-17,19,21H,7,10-14H2,1-3H3. The summed E-state index contributed by atoms with van der Waals surface area (Å²) in [6.07, 6.45) is 8.36. The van der Waals surface area contributed by atoms with E-state index >= 15 is 0 Å². The van der Waals surface area contributed by atoms with Crippen LogP contribution in [0.4, 0.5) is 0 Å². The van der Waals surface area contributed by atoms with Gasteiger partial charge in [-0.2, -0.15) is 0 Å². The molecule has 1 nitrogen and oxygen atoms in total. The lowest BCUT2D eigenvalue weighted by Crippen LogP contribution is -2.56. The Kier molecular flexibility index (Phi) is 4.40. The molecule has 2 fully saturated rings. The molecule has 0 bridgehead atoms. The lowest BCUT2D eigenvalue weighted by atomic mass is 9.55. The van der Waals surface area contributed by atoms with Gasteiger partial charge in [0.15, 0.2) is 0 Å². The second-order valence-corrected chi connectivity index (χ2v) is 7.82. The van der Waals surface area contributed by atoms with E-state index in [1.165, 1.54) is 38.5 Å². The number of nitrogens with one attached hydrogen (secondary N) is 1. The maximum atomic E-state index is 3.75. The summed E-state index contributed by atoms with van der Waals surface area (Å²) in [7, 11) is 2.19. The third-order valence-corrected chi connectivity index (χ3v) is 6.19. The quantitative estimate of drug-likeness (QED) is 0.840. The third kappa shape index (κ3) is 2.77. The molecule has 0 aliphatic heterocycles. The maximum Gasteiger partial charge on any atom is 0.0189 e. The zero-order valence-electron chi connectivity index (χ0n) is 13.9. The molecule has 0 heterocycles. The topological polar surface area (TPSA) is 12.0 Å². The summed E-state index contributed by atoms with van der Waals surface area (Å²) in [4.78, 5) is 0. The molecule has 3 atom stereocenters. The molecule has 0 aromatic heterocycles. The van der Waals surface area contributed by atoms with Gasteiger partial charge in [0.1, 0.15) is 0 Å². The Hall–Kier alpha value is -0.820. The average Bonchev–Trinajstić information content (AvgIpc) is 2.42. The van der Waals surface area contributed by atoms with Crippen molar-refractivity contribution >= 4 is 0 Å². The van der Waals surface area contributed by atoms with Gasteiger partial charge in [0.2, 0.25) is 0 Å². The highest BCUT2D eigenvalue weighted by Gasteiger charge is 2.48. The van der Waals surface area contributed by atoms with E-state index in [0.717, 1.165) is 17.8 Å². The first kappa shape index (κ1) is 15.1. The SMILES string of the molecule is CNC(C1CC(C)CC(C)C1)C1(c2ccccc2)CCC1. The van der Waals surface area contributed by atoms with Gasteiger partial charge in [0.25, 0.3) is 0 Å². The summed E-state index contributed by atoms with van der Waals surface area (Å²) in [5, 5.41) is 3.75. The Morgan fingerprint density at radius 1 is 1.00 bits per heavy atom. The summed E-state index contributed by atoms with van der Waals surface area (Å²) in [6, 6.07) is 12.0. The number of likely N-dealkylation sites (N-methyl/N-ethyl adjacent to an activating group) is 1. The molecule has 2 aliphatic carbocycles. The molecule has 3 unspecified atom stereocenters. The van der Waals surface area contributed by atoms with E-state index < -0.39 is 0 Å². The lowest BCUT2D eigenvalue weighted by molar-refractivity contribution is 0.0831. The highest BCUT2D eigenvalue weighted by atomic mass is 14.9. The summed E-state index contributed by atoms with van der Waals surface area (Å²) in [5.74, 6) is 2.62. The Bertz CT molecular complexity index is 438. The first-order chi connectivity index (χ1) is 10.2. The van der Waals surface area contributed by atoms with Gasteiger partial charge in [0.05, 0.1) is 0 Å². The smallest absolute Gasteiger partial charge is 0.0189 e. The normalized spacial score (nSPS) is 33.2. The van der Waals surface area contributed by atoms with Gasteiger partial charge in [-0.15, -0.1) is 0 Å². The largest absolute Gasteiger partial charge is 0.316 e. The van der Waals surface area contributed by atoms with Gasteiger partial charge in [0, 0.05) is 11.5 Å². The van der Waals surface area contributed by atoms with Crippen LogP contribution in [0.5, 0.6) is 0 Å². The van der Waals surface area contributed by atoms with Crippen molar-refractivity contribution in [3.05, 3.63) is 35.9 Å². The fraction of sp³-hybridized carbons (Fsp3) is 0.700. The van der Waals surface area contributed by atoms with Gasteiger partial charge in [-0.25, -0.2) is 0 Å². The van der Waals surface area contributed by atoms with Gasteiger partial charge in [-0.3, -0.25) is 0 Å². The van der Waals surface area contributed by atoms with Crippen LogP contribution in [-0.2, 0) is 5.41 Å².